The van der Waals surface area contributed by atoms with Crippen molar-refractivity contribution in [3.63, 3.8) is 0 Å². The number of aromatic nitrogens is 2. The number of anilines is 1. The first-order valence-corrected chi connectivity index (χ1v) is 7.31. The smallest absolute Gasteiger partial charge is 0.362 e. The quantitative estimate of drug-likeness (QED) is 0.592. The monoisotopic (exact) mass is 321 g/mol. The second kappa shape index (κ2) is 6.78. The van der Waals surface area contributed by atoms with Crippen molar-refractivity contribution < 1.29 is 14.3 Å². The molecule has 6 nitrogen and oxygen atoms in total. The highest BCUT2D eigenvalue weighted by atomic mass is 16.5. The average Bonchev–Trinajstić information content (AvgIpc) is 3.07. The summed E-state index contributed by atoms with van der Waals surface area (Å²) >= 11 is 0. The number of hydrogen-bond acceptors (Lipinski definition) is 4. The van der Waals surface area contributed by atoms with E-state index in [-0.39, 0.29) is 5.91 Å². The van der Waals surface area contributed by atoms with Gasteiger partial charge in [0.25, 0.3) is 0 Å². The molecule has 24 heavy (non-hydrogen) atoms. The van der Waals surface area contributed by atoms with Crippen LogP contribution in [0.3, 0.4) is 0 Å². The van der Waals surface area contributed by atoms with E-state index in [1.807, 2.05) is 30.3 Å². The topological polar surface area (TPSA) is 73.2 Å². The summed E-state index contributed by atoms with van der Waals surface area (Å²) in [5.41, 5.74) is 1.78. The number of imidazole rings is 1. The van der Waals surface area contributed by atoms with E-state index in [1.165, 1.54) is 13.1 Å². The lowest BCUT2D eigenvalue weighted by atomic mass is 10.3. The zero-order valence-corrected chi connectivity index (χ0v) is 13.0. The number of para-hydroxylation sites is 1. The molecule has 0 aliphatic heterocycles. The lowest BCUT2D eigenvalue weighted by Crippen LogP contribution is -2.13. The number of carbonyl (C=O) groups excluding carboxylic acids is 2. The van der Waals surface area contributed by atoms with Crippen molar-refractivity contribution in [2.24, 2.45) is 0 Å². The molecule has 0 radical (unpaired) electrons. The minimum atomic E-state index is -0.511. The van der Waals surface area contributed by atoms with E-state index in [2.05, 4.69) is 10.3 Å². The molecule has 0 spiro atoms. The Bertz CT molecular complexity index is 855. The summed E-state index contributed by atoms with van der Waals surface area (Å²) in [6.45, 7) is 1.43. The van der Waals surface area contributed by atoms with Gasteiger partial charge in [0.2, 0.25) is 5.91 Å². The van der Waals surface area contributed by atoms with Crippen molar-refractivity contribution >= 4 is 17.6 Å². The molecule has 0 unspecified atom stereocenters. The van der Waals surface area contributed by atoms with Crippen LogP contribution in [0.15, 0.2) is 67.1 Å². The van der Waals surface area contributed by atoms with Gasteiger partial charge in [-0.15, -0.1) is 0 Å². The molecule has 0 fully saturated rings. The number of esters is 1. The maximum Gasteiger partial charge on any atom is 0.362 e. The van der Waals surface area contributed by atoms with Crippen LogP contribution < -0.4 is 10.1 Å². The Hall–Kier alpha value is -3.41. The standard InChI is InChI=1S/C18H15N3O3/c1-13(22)20-14-7-9-16(10-8-14)24-18(23)17-11-19-12-21(17)15-5-3-2-4-6-15/h2-12H,1H3,(H,20,22). The van der Waals surface area contributed by atoms with Crippen LogP contribution in [0, 0.1) is 0 Å². The van der Waals surface area contributed by atoms with Crippen LogP contribution in [-0.4, -0.2) is 21.4 Å². The van der Waals surface area contributed by atoms with Crippen LogP contribution in [0.4, 0.5) is 5.69 Å². The van der Waals surface area contributed by atoms with Crippen LogP contribution in [0.25, 0.3) is 5.69 Å². The zero-order valence-electron chi connectivity index (χ0n) is 13.0. The maximum absolute atomic E-state index is 12.4. The van der Waals surface area contributed by atoms with Crippen molar-refractivity contribution in [1.29, 1.82) is 0 Å². The zero-order chi connectivity index (χ0) is 16.9. The predicted molar refractivity (Wildman–Crippen MR) is 89.3 cm³/mol. The first kappa shape index (κ1) is 15.5. The van der Waals surface area contributed by atoms with Crippen LogP contribution in [0.2, 0.25) is 0 Å². The van der Waals surface area contributed by atoms with Gasteiger partial charge in [-0.3, -0.25) is 9.36 Å². The molecule has 3 aromatic rings. The summed E-state index contributed by atoms with van der Waals surface area (Å²) < 4.78 is 7.03. The normalized spacial score (nSPS) is 10.2. The maximum atomic E-state index is 12.4. The highest BCUT2D eigenvalue weighted by Crippen LogP contribution is 2.18. The third kappa shape index (κ3) is 3.49. The number of amides is 1. The highest BCUT2D eigenvalue weighted by molar-refractivity contribution is 5.90. The summed E-state index contributed by atoms with van der Waals surface area (Å²) in [5.74, 6) is -0.287. The van der Waals surface area contributed by atoms with Gasteiger partial charge in [0.1, 0.15) is 5.75 Å². The van der Waals surface area contributed by atoms with Crippen LogP contribution >= 0.6 is 0 Å². The van der Waals surface area contributed by atoms with Crippen LogP contribution in [0.5, 0.6) is 5.75 Å². The molecule has 2 aromatic carbocycles. The Morgan fingerprint density at radius 1 is 1.04 bits per heavy atom. The number of ether oxygens (including phenoxy) is 1. The Morgan fingerprint density at radius 3 is 2.42 bits per heavy atom. The first-order chi connectivity index (χ1) is 11.6. The van der Waals surface area contributed by atoms with Crippen molar-refractivity contribution in [2.75, 3.05) is 5.32 Å². The predicted octanol–water partition coefficient (Wildman–Crippen LogP) is 3.05. The molecule has 0 saturated carbocycles. The molecule has 1 amide bonds. The lowest BCUT2D eigenvalue weighted by Gasteiger charge is -2.08. The number of nitrogens with zero attached hydrogens (tertiary/aromatic N) is 2. The SMILES string of the molecule is CC(=O)Nc1ccc(OC(=O)c2cncn2-c2ccccc2)cc1. The van der Waals surface area contributed by atoms with Gasteiger partial charge < -0.3 is 10.1 Å². The van der Waals surface area contributed by atoms with E-state index in [0.29, 0.717) is 17.1 Å². The van der Waals surface area contributed by atoms with Crippen LogP contribution in [-0.2, 0) is 4.79 Å². The average molecular weight is 321 g/mol. The molecule has 0 aliphatic carbocycles. The van der Waals surface area contributed by atoms with Crippen LogP contribution in [0.1, 0.15) is 17.4 Å². The van der Waals surface area contributed by atoms with Gasteiger partial charge in [-0.25, -0.2) is 9.78 Å². The van der Waals surface area contributed by atoms with Gasteiger partial charge >= 0.3 is 5.97 Å². The molecule has 1 N–H and O–H groups in total. The fourth-order valence-corrected chi connectivity index (χ4v) is 2.21. The first-order valence-electron chi connectivity index (χ1n) is 7.31. The minimum absolute atomic E-state index is 0.161. The second-order valence-corrected chi connectivity index (χ2v) is 5.08. The largest absolute Gasteiger partial charge is 0.422 e. The van der Waals surface area contributed by atoms with Gasteiger partial charge in [-0.05, 0) is 36.4 Å². The fraction of sp³-hybridized carbons (Fsp3) is 0.0556. The van der Waals surface area contributed by atoms with E-state index in [1.54, 1.807) is 35.2 Å². The molecule has 6 heteroatoms. The lowest BCUT2D eigenvalue weighted by molar-refractivity contribution is -0.114. The minimum Gasteiger partial charge on any atom is -0.422 e. The molecule has 1 aromatic heterocycles. The number of carbonyl (C=O) groups is 2. The molecular weight excluding hydrogens is 306 g/mol. The molecule has 120 valence electrons. The summed E-state index contributed by atoms with van der Waals surface area (Å²) in [5, 5.41) is 2.65. The summed E-state index contributed by atoms with van der Waals surface area (Å²) in [7, 11) is 0. The molecule has 0 aliphatic rings. The van der Waals surface area contributed by atoms with Gasteiger partial charge in [0.15, 0.2) is 5.69 Å². The number of benzene rings is 2. The van der Waals surface area contributed by atoms with E-state index < -0.39 is 5.97 Å². The number of rotatable bonds is 4. The molecule has 1 heterocycles. The van der Waals surface area contributed by atoms with Gasteiger partial charge in [0, 0.05) is 18.3 Å². The Kier molecular flexibility index (Phi) is 4.38. The van der Waals surface area contributed by atoms with Gasteiger partial charge in [-0.2, -0.15) is 0 Å². The van der Waals surface area contributed by atoms with E-state index in [9.17, 15) is 9.59 Å². The van der Waals surface area contributed by atoms with Gasteiger partial charge in [-0.1, -0.05) is 18.2 Å². The third-order valence-electron chi connectivity index (χ3n) is 3.27. The van der Waals surface area contributed by atoms with Crippen molar-refractivity contribution in [3.8, 4) is 11.4 Å². The molecule has 0 saturated heterocycles. The van der Waals surface area contributed by atoms with Gasteiger partial charge in [0.05, 0.1) is 12.5 Å². The molecular formula is C18H15N3O3. The van der Waals surface area contributed by atoms with Crippen molar-refractivity contribution in [1.82, 2.24) is 9.55 Å². The van der Waals surface area contributed by atoms with E-state index in [0.717, 1.165) is 5.69 Å². The number of nitrogens with one attached hydrogen (secondary N) is 1. The highest BCUT2D eigenvalue weighted by Gasteiger charge is 2.15. The van der Waals surface area contributed by atoms with Crippen molar-refractivity contribution in [3.05, 3.63) is 72.8 Å². The Balaban J connectivity index is 1.76. The fourth-order valence-electron chi connectivity index (χ4n) is 2.21. The summed E-state index contributed by atoms with van der Waals surface area (Å²) in [4.78, 5) is 27.4. The Morgan fingerprint density at radius 2 is 1.75 bits per heavy atom. The molecule has 0 bridgehead atoms. The summed E-state index contributed by atoms with van der Waals surface area (Å²) in [6.07, 6.45) is 3.02. The number of hydrogen-bond donors (Lipinski definition) is 1. The third-order valence-corrected chi connectivity index (χ3v) is 3.27. The molecule has 0 atom stereocenters. The van der Waals surface area contributed by atoms with Crippen molar-refractivity contribution in [2.45, 2.75) is 6.92 Å². The molecule has 3 rings (SSSR count). The Labute approximate surface area is 138 Å². The summed E-state index contributed by atoms with van der Waals surface area (Å²) in [6, 6.07) is 16.0. The van der Waals surface area contributed by atoms with E-state index in [4.69, 9.17) is 4.74 Å². The second-order valence-electron chi connectivity index (χ2n) is 5.08. The van der Waals surface area contributed by atoms with E-state index >= 15 is 0 Å².